The van der Waals surface area contributed by atoms with E-state index >= 15 is 0 Å². The summed E-state index contributed by atoms with van der Waals surface area (Å²) in [6.07, 6.45) is 4.55. The number of hydrogen-bond donors (Lipinski definition) is 1. The van der Waals surface area contributed by atoms with Gasteiger partial charge in [0.2, 0.25) is 0 Å². The quantitative estimate of drug-likeness (QED) is 0.860. The second kappa shape index (κ2) is 4.32. The van der Waals surface area contributed by atoms with Gasteiger partial charge in [0.25, 0.3) is 0 Å². The summed E-state index contributed by atoms with van der Waals surface area (Å²) in [5.74, 6) is 0. The first-order chi connectivity index (χ1) is 7.19. The van der Waals surface area contributed by atoms with Gasteiger partial charge in [-0.15, -0.1) is 0 Å². The highest BCUT2D eigenvalue weighted by Crippen LogP contribution is 2.50. The van der Waals surface area contributed by atoms with Crippen LogP contribution >= 0.6 is 23.2 Å². The lowest BCUT2D eigenvalue weighted by Crippen LogP contribution is -2.37. The normalized spacial score (nSPS) is 18.6. The molecule has 1 aliphatic carbocycles. The molecule has 1 aromatic rings. The van der Waals surface area contributed by atoms with Gasteiger partial charge in [-0.3, -0.25) is 0 Å². The number of nitrogens with two attached hydrogens (primary N) is 1. The molecule has 82 valence electrons. The fraction of sp³-hybridized carbons (Fsp3) is 0.500. The Morgan fingerprint density at radius 3 is 2.20 bits per heavy atom. The monoisotopic (exact) mass is 243 g/mol. The molecule has 0 radical (unpaired) electrons. The van der Waals surface area contributed by atoms with Crippen LogP contribution in [0.5, 0.6) is 0 Å². The maximum Gasteiger partial charge on any atom is 0.0458 e. The Morgan fingerprint density at radius 2 is 1.80 bits per heavy atom. The molecule has 3 heteroatoms. The van der Waals surface area contributed by atoms with Crippen LogP contribution in [0.4, 0.5) is 0 Å². The minimum absolute atomic E-state index is 0.157. The van der Waals surface area contributed by atoms with Crippen LogP contribution in [0.3, 0.4) is 0 Å². The van der Waals surface area contributed by atoms with Gasteiger partial charge in [-0.2, -0.15) is 0 Å². The summed E-state index contributed by atoms with van der Waals surface area (Å²) in [4.78, 5) is 0. The largest absolute Gasteiger partial charge is 0.330 e. The molecule has 2 N–H and O–H groups in total. The number of rotatable bonds is 3. The molecule has 0 aromatic heterocycles. The van der Waals surface area contributed by atoms with Crippen molar-refractivity contribution >= 4 is 23.2 Å². The van der Waals surface area contributed by atoms with Crippen molar-refractivity contribution in [3.05, 3.63) is 33.8 Å². The van der Waals surface area contributed by atoms with Crippen molar-refractivity contribution in [3.63, 3.8) is 0 Å². The Morgan fingerprint density at radius 1 is 1.20 bits per heavy atom. The zero-order chi connectivity index (χ0) is 10.9. The highest BCUT2D eigenvalue weighted by molar-refractivity contribution is 6.36. The van der Waals surface area contributed by atoms with E-state index in [4.69, 9.17) is 28.9 Å². The molecule has 0 amide bonds. The molecule has 0 spiro atoms. The molecular formula is C12H15Cl2N. The first-order valence-electron chi connectivity index (χ1n) is 5.34. The molecule has 0 bridgehead atoms. The molecule has 0 saturated heterocycles. The first kappa shape index (κ1) is 11.3. The number of benzene rings is 1. The van der Waals surface area contributed by atoms with Crippen LogP contribution in [0, 0.1) is 0 Å². The minimum atomic E-state index is 0.157. The van der Waals surface area contributed by atoms with Gasteiger partial charge in [0.1, 0.15) is 0 Å². The third-order valence-electron chi connectivity index (χ3n) is 3.43. The third-order valence-corrected chi connectivity index (χ3v) is 4.06. The van der Waals surface area contributed by atoms with Gasteiger partial charge in [0, 0.05) is 10.0 Å². The van der Waals surface area contributed by atoms with Crippen LogP contribution in [-0.2, 0) is 5.41 Å². The number of hydrogen-bond acceptors (Lipinski definition) is 1. The summed E-state index contributed by atoms with van der Waals surface area (Å²) in [7, 11) is 0. The van der Waals surface area contributed by atoms with Gasteiger partial charge < -0.3 is 5.73 Å². The maximum atomic E-state index is 6.24. The van der Waals surface area contributed by atoms with Gasteiger partial charge in [-0.1, -0.05) is 35.7 Å². The maximum absolute atomic E-state index is 6.24. The van der Waals surface area contributed by atoms with Crippen LogP contribution in [0.25, 0.3) is 0 Å². The topological polar surface area (TPSA) is 26.0 Å². The van der Waals surface area contributed by atoms with E-state index in [1.165, 1.54) is 6.42 Å². The van der Waals surface area contributed by atoms with E-state index in [9.17, 15) is 0 Å². The smallest absolute Gasteiger partial charge is 0.0458 e. The molecule has 1 aliphatic rings. The lowest BCUT2D eigenvalue weighted by Gasteiger charge is -2.43. The standard InChI is InChI=1S/C12H15Cl2N/c13-9-3-1-4-10(14)11(9)12(7-8-15)5-2-6-12/h1,3-4H,2,5-8,15H2. The molecule has 1 saturated carbocycles. The third kappa shape index (κ3) is 1.89. The molecule has 0 aliphatic heterocycles. The predicted molar refractivity (Wildman–Crippen MR) is 65.7 cm³/mol. The van der Waals surface area contributed by atoms with Crippen molar-refractivity contribution in [2.45, 2.75) is 31.1 Å². The zero-order valence-electron chi connectivity index (χ0n) is 8.60. The second-order valence-electron chi connectivity index (χ2n) is 4.27. The molecular weight excluding hydrogens is 229 g/mol. The summed E-state index contributed by atoms with van der Waals surface area (Å²) >= 11 is 12.5. The van der Waals surface area contributed by atoms with Crippen LogP contribution < -0.4 is 5.73 Å². The molecule has 0 atom stereocenters. The molecule has 0 heterocycles. The van der Waals surface area contributed by atoms with Crippen molar-refractivity contribution in [2.75, 3.05) is 6.54 Å². The minimum Gasteiger partial charge on any atom is -0.330 e. The van der Waals surface area contributed by atoms with E-state index in [1.54, 1.807) is 0 Å². The van der Waals surface area contributed by atoms with Crippen molar-refractivity contribution in [1.29, 1.82) is 0 Å². The van der Waals surface area contributed by atoms with Crippen molar-refractivity contribution in [1.82, 2.24) is 0 Å². The van der Waals surface area contributed by atoms with Gasteiger partial charge in [-0.05, 0) is 48.9 Å². The summed E-state index contributed by atoms with van der Waals surface area (Å²) in [5, 5.41) is 1.58. The highest BCUT2D eigenvalue weighted by Gasteiger charge is 2.40. The van der Waals surface area contributed by atoms with Crippen LogP contribution in [0.15, 0.2) is 18.2 Å². The first-order valence-corrected chi connectivity index (χ1v) is 6.10. The Hall–Kier alpha value is -0.240. The SMILES string of the molecule is NCCC1(c2c(Cl)cccc2Cl)CCC1. The van der Waals surface area contributed by atoms with Crippen LogP contribution in [0.1, 0.15) is 31.2 Å². The average molecular weight is 244 g/mol. The summed E-state index contributed by atoms with van der Waals surface area (Å²) < 4.78 is 0. The summed E-state index contributed by atoms with van der Waals surface area (Å²) in [6.45, 7) is 0.696. The lowest BCUT2D eigenvalue weighted by molar-refractivity contribution is 0.229. The van der Waals surface area contributed by atoms with E-state index in [0.29, 0.717) is 6.54 Å². The lowest BCUT2D eigenvalue weighted by atomic mass is 9.62. The molecule has 1 nitrogen and oxygen atoms in total. The molecule has 0 unspecified atom stereocenters. The van der Waals surface area contributed by atoms with E-state index in [-0.39, 0.29) is 5.41 Å². The summed E-state index contributed by atoms with van der Waals surface area (Å²) in [6, 6.07) is 5.72. The van der Waals surface area contributed by atoms with Gasteiger partial charge in [0.05, 0.1) is 0 Å². The van der Waals surface area contributed by atoms with Crippen LogP contribution in [-0.4, -0.2) is 6.54 Å². The van der Waals surface area contributed by atoms with Gasteiger partial charge in [0.15, 0.2) is 0 Å². The highest BCUT2D eigenvalue weighted by atomic mass is 35.5. The van der Waals surface area contributed by atoms with E-state index in [2.05, 4.69) is 0 Å². The van der Waals surface area contributed by atoms with Gasteiger partial charge >= 0.3 is 0 Å². The van der Waals surface area contributed by atoms with E-state index in [0.717, 1.165) is 34.9 Å². The molecule has 2 rings (SSSR count). The summed E-state index contributed by atoms with van der Waals surface area (Å²) in [5.41, 5.74) is 6.95. The number of halogens is 2. The van der Waals surface area contributed by atoms with E-state index in [1.807, 2.05) is 18.2 Å². The Labute approximate surface area is 101 Å². The van der Waals surface area contributed by atoms with Crippen molar-refractivity contribution < 1.29 is 0 Å². The average Bonchev–Trinajstić information content (AvgIpc) is 2.13. The Bertz CT molecular complexity index is 338. The van der Waals surface area contributed by atoms with Gasteiger partial charge in [-0.25, -0.2) is 0 Å². The fourth-order valence-electron chi connectivity index (χ4n) is 2.51. The van der Waals surface area contributed by atoms with Crippen LogP contribution in [0.2, 0.25) is 10.0 Å². The second-order valence-corrected chi connectivity index (χ2v) is 5.08. The molecule has 1 fully saturated rings. The van der Waals surface area contributed by atoms with Crippen molar-refractivity contribution in [3.8, 4) is 0 Å². The molecule has 15 heavy (non-hydrogen) atoms. The zero-order valence-corrected chi connectivity index (χ0v) is 10.1. The Kier molecular flexibility index (Phi) is 3.24. The Balaban J connectivity index is 2.42. The fourth-order valence-corrected chi connectivity index (χ4v) is 3.31. The molecule has 1 aromatic carbocycles. The van der Waals surface area contributed by atoms with Crippen molar-refractivity contribution in [2.24, 2.45) is 5.73 Å². The predicted octanol–water partition coefficient (Wildman–Crippen LogP) is 3.76. The van der Waals surface area contributed by atoms with E-state index < -0.39 is 0 Å².